The molecule has 2 fully saturated rings. The molecule has 0 bridgehead atoms. The Morgan fingerprint density at radius 1 is 1.07 bits per heavy atom. The van der Waals surface area contributed by atoms with E-state index in [9.17, 15) is 19.2 Å². The van der Waals surface area contributed by atoms with Crippen molar-refractivity contribution in [1.29, 1.82) is 0 Å². The minimum Gasteiger partial charge on any atom is -0.330 e. The van der Waals surface area contributed by atoms with Gasteiger partial charge in [-0.25, -0.2) is 0 Å². The van der Waals surface area contributed by atoms with Crippen molar-refractivity contribution in [2.45, 2.75) is 50.7 Å². The lowest BCUT2D eigenvalue weighted by Gasteiger charge is -2.27. The summed E-state index contributed by atoms with van der Waals surface area (Å²) >= 11 is 0. The Labute approximate surface area is 162 Å². The van der Waals surface area contributed by atoms with Gasteiger partial charge in [-0.15, -0.1) is 0 Å². The molecule has 148 valence electrons. The molecule has 3 atom stereocenters. The molecule has 28 heavy (non-hydrogen) atoms. The quantitative estimate of drug-likeness (QED) is 0.628. The Kier molecular flexibility index (Phi) is 4.99. The average molecular weight is 384 g/mol. The summed E-state index contributed by atoms with van der Waals surface area (Å²) in [7, 11) is 0. The molecular weight excluding hydrogens is 360 g/mol. The highest BCUT2D eigenvalue weighted by molar-refractivity contribution is 6.23. The molecule has 1 aliphatic carbocycles. The van der Waals surface area contributed by atoms with E-state index in [-0.39, 0.29) is 18.7 Å². The number of benzene rings is 1. The molecule has 2 aliphatic heterocycles. The molecule has 0 radical (unpaired) electrons. The fourth-order valence-corrected chi connectivity index (χ4v) is 4.46. The van der Waals surface area contributed by atoms with E-state index >= 15 is 0 Å². The van der Waals surface area contributed by atoms with Crippen molar-refractivity contribution >= 4 is 23.6 Å². The molecule has 8 nitrogen and oxygen atoms in total. The number of nitrogens with one attached hydrogen (secondary N) is 2. The summed E-state index contributed by atoms with van der Waals surface area (Å²) in [5.74, 6) is -1.46. The van der Waals surface area contributed by atoms with Crippen molar-refractivity contribution in [1.82, 2.24) is 15.5 Å². The molecule has 1 unspecified atom stereocenters. The zero-order chi connectivity index (χ0) is 19.8. The van der Waals surface area contributed by atoms with Crippen molar-refractivity contribution in [3.8, 4) is 0 Å². The van der Waals surface area contributed by atoms with Gasteiger partial charge in [-0.2, -0.15) is 0 Å². The second-order valence-corrected chi connectivity index (χ2v) is 7.74. The first-order valence-electron chi connectivity index (χ1n) is 9.77. The highest BCUT2D eigenvalue weighted by atomic mass is 16.2. The summed E-state index contributed by atoms with van der Waals surface area (Å²) in [6.45, 7) is 1.25. The van der Waals surface area contributed by atoms with Crippen LogP contribution in [-0.2, 0) is 16.1 Å². The van der Waals surface area contributed by atoms with Gasteiger partial charge in [-0.3, -0.25) is 29.4 Å². The Morgan fingerprint density at radius 3 is 2.61 bits per heavy atom. The van der Waals surface area contributed by atoms with Crippen LogP contribution in [-0.4, -0.2) is 47.2 Å². The molecule has 3 aliphatic rings. The summed E-state index contributed by atoms with van der Waals surface area (Å²) in [5.41, 5.74) is 7.36. The molecule has 1 aromatic rings. The van der Waals surface area contributed by atoms with E-state index in [1.54, 1.807) is 12.1 Å². The van der Waals surface area contributed by atoms with Gasteiger partial charge in [0.15, 0.2) is 0 Å². The van der Waals surface area contributed by atoms with Gasteiger partial charge >= 0.3 is 0 Å². The molecule has 1 saturated heterocycles. The number of fused-ring (bicyclic) bond motifs is 1. The lowest BCUT2D eigenvalue weighted by Crippen LogP contribution is -2.54. The topological polar surface area (TPSA) is 122 Å². The SMILES string of the molecule is NC[C@@H]1CCC[C@H]1NCc1ccc2c(c1)C(=O)N(C1CCC(=O)NC1=O)C2=O. The van der Waals surface area contributed by atoms with Crippen molar-refractivity contribution in [2.75, 3.05) is 6.54 Å². The van der Waals surface area contributed by atoms with Crippen LogP contribution in [0.15, 0.2) is 18.2 Å². The first kappa shape index (κ1) is 18.8. The van der Waals surface area contributed by atoms with E-state index in [1.807, 2.05) is 6.07 Å². The van der Waals surface area contributed by atoms with Crippen molar-refractivity contribution in [2.24, 2.45) is 11.7 Å². The van der Waals surface area contributed by atoms with Gasteiger partial charge in [0.1, 0.15) is 6.04 Å². The third-order valence-electron chi connectivity index (χ3n) is 6.03. The van der Waals surface area contributed by atoms with Gasteiger partial charge in [0, 0.05) is 19.0 Å². The number of hydrogen-bond donors (Lipinski definition) is 3. The Bertz CT molecular complexity index is 853. The normalized spacial score (nSPS) is 27.3. The maximum Gasteiger partial charge on any atom is 0.262 e. The minimum absolute atomic E-state index is 0.114. The van der Waals surface area contributed by atoms with Crippen LogP contribution < -0.4 is 16.4 Å². The molecule has 0 spiro atoms. The molecule has 0 aromatic heterocycles. The van der Waals surface area contributed by atoms with Gasteiger partial charge in [0.05, 0.1) is 11.1 Å². The zero-order valence-electron chi connectivity index (χ0n) is 15.6. The van der Waals surface area contributed by atoms with Gasteiger partial charge in [0.2, 0.25) is 11.8 Å². The van der Waals surface area contributed by atoms with Crippen LogP contribution in [0, 0.1) is 5.92 Å². The molecule has 2 heterocycles. The van der Waals surface area contributed by atoms with Gasteiger partial charge in [-0.1, -0.05) is 12.5 Å². The van der Waals surface area contributed by atoms with Crippen LogP contribution in [0.3, 0.4) is 0 Å². The molecule has 4 rings (SSSR count). The monoisotopic (exact) mass is 384 g/mol. The fraction of sp³-hybridized carbons (Fsp3) is 0.500. The summed E-state index contributed by atoms with van der Waals surface area (Å²) < 4.78 is 0. The Hall–Kier alpha value is -2.58. The first-order chi connectivity index (χ1) is 13.5. The van der Waals surface area contributed by atoms with E-state index in [0.29, 0.717) is 36.2 Å². The van der Waals surface area contributed by atoms with Gasteiger partial charge in [-0.05, 0) is 49.4 Å². The van der Waals surface area contributed by atoms with Crippen molar-refractivity contribution < 1.29 is 19.2 Å². The summed E-state index contributed by atoms with van der Waals surface area (Å²) in [6, 6.07) is 4.64. The Morgan fingerprint density at radius 2 is 1.86 bits per heavy atom. The third kappa shape index (κ3) is 3.22. The third-order valence-corrected chi connectivity index (χ3v) is 6.03. The van der Waals surface area contributed by atoms with Gasteiger partial charge in [0.25, 0.3) is 11.8 Å². The number of rotatable bonds is 5. The maximum atomic E-state index is 12.8. The van der Waals surface area contributed by atoms with E-state index in [0.717, 1.165) is 29.7 Å². The average Bonchev–Trinajstić information content (AvgIpc) is 3.23. The predicted octanol–water partition coefficient (Wildman–Crippen LogP) is 0.305. The highest BCUT2D eigenvalue weighted by Crippen LogP contribution is 2.29. The molecule has 8 heteroatoms. The summed E-state index contributed by atoms with van der Waals surface area (Å²) in [4.78, 5) is 50.0. The predicted molar refractivity (Wildman–Crippen MR) is 100 cm³/mol. The zero-order valence-corrected chi connectivity index (χ0v) is 15.6. The standard InChI is InChI=1S/C20H24N4O4/c21-9-12-2-1-3-15(12)22-10-11-4-5-13-14(8-11)20(28)24(19(13)27)16-6-7-17(25)23-18(16)26/h4-5,8,12,15-16,22H,1-3,6-7,9-10,21H2,(H,23,25,26)/t12-,15+,16?/m0/s1. The van der Waals surface area contributed by atoms with Crippen molar-refractivity contribution in [3.05, 3.63) is 34.9 Å². The lowest BCUT2D eigenvalue weighted by molar-refractivity contribution is -0.136. The van der Waals surface area contributed by atoms with E-state index < -0.39 is 23.8 Å². The second-order valence-electron chi connectivity index (χ2n) is 7.74. The van der Waals surface area contributed by atoms with E-state index in [2.05, 4.69) is 10.6 Å². The number of hydrogen-bond acceptors (Lipinski definition) is 6. The lowest BCUT2D eigenvalue weighted by atomic mass is 10.0. The summed E-state index contributed by atoms with van der Waals surface area (Å²) in [6.07, 6.45) is 3.66. The van der Waals surface area contributed by atoms with E-state index in [1.165, 1.54) is 0 Å². The van der Waals surface area contributed by atoms with Crippen LogP contribution in [0.25, 0.3) is 0 Å². The number of nitrogens with two attached hydrogens (primary N) is 1. The van der Waals surface area contributed by atoms with Crippen LogP contribution in [0.1, 0.15) is 58.4 Å². The second kappa shape index (κ2) is 7.44. The van der Waals surface area contributed by atoms with Crippen LogP contribution >= 0.6 is 0 Å². The number of piperidine rings is 1. The molecule has 1 aromatic carbocycles. The van der Waals surface area contributed by atoms with Crippen LogP contribution in [0.5, 0.6) is 0 Å². The molecule has 4 amide bonds. The number of imide groups is 2. The van der Waals surface area contributed by atoms with Crippen LogP contribution in [0.2, 0.25) is 0 Å². The van der Waals surface area contributed by atoms with Crippen molar-refractivity contribution in [3.63, 3.8) is 0 Å². The fourth-order valence-electron chi connectivity index (χ4n) is 4.46. The van der Waals surface area contributed by atoms with Gasteiger partial charge < -0.3 is 11.1 Å². The largest absolute Gasteiger partial charge is 0.330 e. The minimum atomic E-state index is -0.935. The smallest absolute Gasteiger partial charge is 0.262 e. The number of carbonyl (C=O) groups is 4. The number of carbonyl (C=O) groups excluding carboxylic acids is 4. The summed E-state index contributed by atoms with van der Waals surface area (Å²) in [5, 5.41) is 5.71. The number of amides is 4. The molecular formula is C20H24N4O4. The van der Waals surface area contributed by atoms with E-state index in [4.69, 9.17) is 5.73 Å². The molecule has 1 saturated carbocycles. The van der Waals surface area contributed by atoms with Crippen LogP contribution in [0.4, 0.5) is 0 Å². The number of nitrogens with zero attached hydrogens (tertiary/aromatic N) is 1. The first-order valence-corrected chi connectivity index (χ1v) is 9.77. The highest BCUT2D eigenvalue weighted by Gasteiger charge is 2.44. The Balaban J connectivity index is 1.49. The maximum absolute atomic E-state index is 12.8. The molecule has 4 N–H and O–H groups in total.